The van der Waals surface area contributed by atoms with Gasteiger partial charge in [-0.25, -0.2) is 0 Å². The smallest absolute Gasteiger partial charge is 0.384 e. The predicted molar refractivity (Wildman–Crippen MR) is 82.1 cm³/mol. The minimum atomic E-state index is -4.38. The summed E-state index contributed by atoms with van der Waals surface area (Å²) >= 11 is 6.66. The van der Waals surface area contributed by atoms with Gasteiger partial charge in [0, 0.05) is 8.95 Å². The van der Waals surface area contributed by atoms with Crippen LogP contribution in [0.2, 0.25) is 0 Å². The van der Waals surface area contributed by atoms with Gasteiger partial charge in [-0.15, -0.1) is 0 Å². The lowest BCUT2D eigenvalue weighted by atomic mass is 9.96. The van der Waals surface area contributed by atoms with Crippen molar-refractivity contribution in [1.29, 1.82) is 0 Å². The molecule has 1 nitrogen and oxygen atoms in total. The molecule has 0 heterocycles. The fraction of sp³-hybridized carbons (Fsp3) is 0.200. The molecule has 1 atom stereocenters. The maximum absolute atomic E-state index is 12.6. The molecule has 6 heteroatoms. The van der Waals surface area contributed by atoms with E-state index in [1.54, 1.807) is 25.1 Å². The maximum atomic E-state index is 12.6. The van der Waals surface area contributed by atoms with Gasteiger partial charge in [-0.05, 0) is 79.7 Å². The molecule has 0 spiro atoms. The molecule has 1 N–H and O–H groups in total. The molecule has 0 aliphatic rings. The van der Waals surface area contributed by atoms with E-state index in [0.717, 1.165) is 21.1 Å². The average molecular weight is 424 g/mol. The number of rotatable bonds is 2. The van der Waals surface area contributed by atoms with Crippen molar-refractivity contribution in [2.75, 3.05) is 0 Å². The molecule has 1 unspecified atom stereocenters. The van der Waals surface area contributed by atoms with Gasteiger partial charge in [0.1, 0.15) is 6.10 Å². The lowest BCUT2D eigenvalue weighted by molar-refractivity contribution is -0.137. The Balaban J connectivity index is 2.39. The topological polar surface area (TPSA) is 20.2 Å². The molecule has 0 bridgehead atoms. The molecule has 0 amide bonds. The van der Waals surface area contributed by atoms with Crippen molar-refractivity contribution < 1.29 is 18.3 Å². The van der Waals surface area contributed by atoms with Gasteiger partial charge in [-0.2, -0.15) is 13.2 Å². The summed E-state index contributed by atoms with van der Waals surface area (Å²) in [5.74, 6) is 0. The number of aryl methyl sites for hydroxylation is 1. The number of benzene rings is 2. The summed E-state index contributed by atoms with van der Waals surface area (Å²) in [4.78, 5) is 0. The molecule has 0 saturated carbocycles. The van der Waals surface area contributed by atoms with E-state index in [-0.39, 0.29) is 0 Å². The first kappa shape index (κ1) is 16.5. The van der Waals surface area contributed by atoms with E-state index in [1.807, 2.05) is 0 Å². The normalized spacial score (nSPS) is 13.3. The summed E-state index contributed by atoms with van der Waals surface area (Å²) in [6.45, 7) is 1.56. The van der Waals surface area contributed by atoms with Crippen molar-refractivity contribution in [2.24, 2.45) is 0 Å². The predicted octanol–water partition coefficient (Wildman–Crippen LogP) is 5.62. The number of aliphatic hydroxyl groups excluding tert-OH is 1. The first-order valence-corrected chi connectivity index (χ1v) is 7.59. The fourth-order valence-electron chi connectivity index (χ4n) is 2.02. The van der Waals surface area contributed by atoms with Gasteiger partial charge >= 0.3 is 6.18 Å². The van der Waals surface area contributed by atoms with Crippen LogP contribution >= 0.6 is 31.9 Å². The molecule has 0 aliphatic carbocycles. The number of alkyl halides is 3. The summed E-state index contributed by atoms with van der Waals surface area (Å²) in [6, 6.07) is 8.56. The Morgan fingerprint density at radius 2 is 1.67 bits per heavy atom. The highest BCUT2D eigenvalue weighted by molar-refractivity contribution is 9.13. The van der Waals surface area contributed by atoms with Gasteiger partial charge in [0.15, 0.2) is 0 Å². The van der Waals surface area contributed by atoms with E-state index in [4.69, 9.17) is 0 Å². The standard InChI is InChI=1S/C15H11Br2F3O/c1-8-6-10(15(18,19)20)3-4-11(8)14(21)9-2-5-12(16)13(17)7-9/h2-7,14,21H,1H3. The van der Waals surface area contributed by atoms with Crippen LogP contribution in [0, 0.1) is 6.92 Å². The first-order valence-electron chi connectivity index (χ1n) is 6.01. The van der Waals surface area contributed by atoms with Gasteiger partial charge < -0.3 is 5.11 Å². The van der Waals surface area contributed by atoms with Crippen molar-refractivity contribution in [1.82, 2.24) is 0 Å². The molecule has 0 fully saturated rings. The van der Waals surface area contributed by atoms with Crippen LogP contribution in [0.3, 0.4) is 0 Å². The molecule has 2 aromatic carbocycles. The van der Waals surface area contributed by atoms with Gasteiger partial charge in [-0.1, -0.05) is 12.1 Å². The summed E-state index contributed by atoms with van der Waals surface area (Å²) < 4.78 is 39.5. The first-order chi connectivity index (χ1) is 9.70. The summed E-state index contributed by atoms with van der Waals surface area (Å²) in [5.41, 5.74) is 0.745. The number of aliphatic hydroxyl groups is 1. The molecule has 0 aromatic heterocycles. The Kier molecular flexibility index (Phi) is 4.80. The third-order valence-electron chi connectivity index (χ3n) is 3.15. The Morgan fingerprint density at radius 1 is 1.00 bits per heavy atom. The Hall–Kier alpha value is -0.850. The van der Waals surface area contributed by atoms with Crippen LogP contribution in [-0.4, -0.2) is 5.11 Å². The molecule has 21 heavy (non-hydrogen) atoms. The second-order valence-corrected chi connectivity index (χ2v) is 6.35. The van der Waals surface area contributed by atoms with Crippen LogP contribution in [-0.2, 0) is 6.18 Å². The molecule has 2 rings (SSSR count). The number of halogens is 5. The van der Waals surface area contributed by atoms with Crippen LogP contribution in [0.15, 0.2) is 45.3 Å². The quantitative estimate of drug-likeness (QED) is 0.664. The molecular formula is C15H11Br2F3O. The van der Waals surface area contributed by atoms with Crippen LogP contribution < -0.4 is 0 Å². The Bertz CT molecular complexity index is 668. The zero-order valence-corrected chi connectivity index (χ0v) is 14.1. The van der Waals surface area contributed by atoms with Crippen LogP contribution in [0.4, 0.5) is 13.2 Å². The third kappa shape index (κ3) is 3.67. The lowest BCUT2D eigenvalue weighted by Gasteiger charge is -2.17. The van der Waals surface area contributed by atoms with Crippen LogP contribution in [0.5, 0.6) is 0 Å². The van der Waals surface area contributed by atoms with Gasteiger partial charge in [-0.3, -0.25) is 0 Å². The second kappa shape index (κ2) is 6.10. The summed E-state index contributed by atoms with van der Waals surface area (Å²) in [6.07, 6.45) is -5.36. The van der Waals surface area contributed by atoms with E-state index in [1.165, 1.54) is 6.07 Å². The average Bonchev–Trinajstić information content (AvgIpc) is 2.40. The van der Waals surface area contributed by atoms with Crippen LogP contribution in [0.1, 0.15) is 28.4 Å². The molecule has 0 radical (unpaired) electrons. The summed E-state index contributed by atoms with van der Waals surface area (Å²) in [7, 11) is 0. The molecule has 0 saturated heterocycles. The van der Waals surface area contributed by atoms with Gasteiger partial charge in [0.05, 0.1) is 5.56 Å². The number of hydrogen-bond donors (Lipinski definition) is 1. The number of hydrogen-bond acceptors (Lipinski definition) is 1. The van der Waals surface area contributed by atoms with Crippen LogP contribution in [0.25, 0.3) is 0 Å². The minimum Gasteiger partial charge on any atom is -0.384 e. The van der Waals surface area contributed by atoms with Crippen molar-refractivity contribution in [3.8, 4) is 0 Å². The monoisotopic (exact) mass is 422 g/mol. The van der Waals surface area contributed by atoms with E-state index < -0.39 is 17.8 Å². The zero-order valence-electron chi connectivity index (χ0n) is 10.9. The summed E-state index contributed by atoms with van der Waals surface area (Å²) in [5, 5.41) is 10.4. The van der Waals surface area contributed by atoms with Crippen molar-refractivity contribution in [2.45, 2.75) is 19.2 Å². The van der Waals surface area contributed by atoms with Crippen molar-refractivity contribution in [3.05, 3.63) is 67.6 Å². The van der Waals surface area contributed by atoms with Gasteiger partial charge in [0.25, 0.3) is 0 Å². The lowest BCUT2D eigenvalue weighted by Crippen LogP contribution is -2.08. The zero-order chi connectivity index (χ0) is 15.8. The fourth-order valence-corrected chi connectivity index (χ4v) is 2.66. The highest BCUT2D eigenvalue weighted by Gasteiger charge is 2.31. The Labute approximate surface area is 137 Å². The largest absolute Gasteiger partial charge is 0.416 e. The molecule has 2 aromatic rings. The second-order valence-electron chi connectivity index (χ2n) is 4.65. The van der Waals surface area contributed by atoms with E-state index in [2.05, 4.69) is 31.9 Å². The third-order valence-corrected chi connectivity index (χ3v) is 5.03. The SMILES string of the molecule is Cc1cc(C(F)(F)F)ccc1C(O)c1ccc(Br)c(Br)c1. The highest BCUT2D eigenvalue weighted by atomic mass is 79.9. The van der Waals surface area contributed by atoms with E-state index >= 15 is 0 Å². The Morgan fingerprint density at radius 3 is 2.19 bits per heavy atom. The molecular weight excluding hydrogens is 413 g/mol. The molecule has 112 valence electrons. The maximum Gasteiger partial charge on any atom is 0.416 e. The van der Waals surface area contributed by atoms with Crippen molar-refractivity contribution >= 4 is 31.9 Å². The van der Waals surface area contributed by atoms with E-state index in [9.17, 15) is 18.3 Å². The van der Waals surface area contributed by atoms with Crippen molar-refractivity contribution in [3.63, 3.8) is 0 Å². The van der Waals surface area contributed by atoms with E-state index in [0.29, 0.717) is 16.7 Å². The molecule has 0 aliphatic heterocycles. The highest BCUT2D eigenvalue weighted by Crippen LogP contribution is 2.34. The minimum absolute atomic E-state index is 0.399. The van der Waals surface area contributed by atoms with Gasteiger partial charge in [0.2, 0.25) is 0 Å².